The van der Waals surface area contributed by atoms with Gasteiger partial charge in [-0.25, -0.2) is 0 Å². The number of nitrogens with two attached hydrogens (primary N) is 1. The second-order valence-electron chi connectivity index (χ2n) is 4.78. The largest absolute Gasteiger partial charge is 0.383 e. The molecule has 0 radical (unpaired) electrons. The topological polar surface area (TPSA) is 72.9 Å². The van der Waals surface area contributed by atoms with Crippen LogP contribution in [0, 0.1) is 0 Å². The first-order valence-corrected chi connectivity index (χ1v) is 7.19. The number of hydrogen-bond donors (Lipinski definition) is 2. The molecule has 0 aliphatic heterocycles. The van der Waals surface area contributed by atoms with E-state index >= 15 is 0 Å². The lowest BCUT2D eigenvalue weighted by atomic mass is 9.94. The molecule has 3 N–H and O–H groups in total. The molecule has 0 saturated carbocycles. The van der Waals surface area contributed by atoms with Crippen LogP contribution in [0.3, 0.4) is 0 Å². The number of anilines is 1. The molecule has 1 aliphatic carbocycles. The maximum Gasteiger partial charge on any atom is 0.257 e. The third-order valence-corrected chi connectivity index (χ3v) is 4.58. The smallest absolute Gasteiger partial charge is 0.257 e. The van der Waals surface area contributed by atoms with Crippen molar-refractivity contribution in [2.45, 2.75) is 25.3 Å². The fraction of sp³-hybridized carbons (Fsp3) is 0.385. The van der Waals surface area contributed by atoms with E-state index < -0.39 is 0 Å². The Balaban J connectivity index is 1.80. The van der Waals surface area contributed by atoms with Gasteiger partial charge in [-0.05, 0) is 36.3 Å². The minimum absolute atomic E-state index is 0.0992. The first-order valence-electron chi connectivity index (χ1n) is 6.31. The Morgan fingerprint density at radius 2 is 2.47 bits per heavy atom. The highest BCUT2D eigenvalue weighted by Crippen LogP contribution is 2.33. The summed E-state index contributed by atoms with van der Waals surface area (Å²) in [5.74, 6) is 0.258. The molecule has 3 rings (SSSR count). The van der Waals surface area contributed by atoms with Crippen LogP contribution < -0.4 is 11.1 Å². The normalized spacial score (nSPS) is 18.1. The van der Waals surface area contributed by atoms with Crippen LogP contribution >= 0.6 is 11.3 Å². The summed E-state index contributed by atoms with van der Waals surface area (Å²) < 4.78 is 1.51. The number of aryl methyl sites for hydroxylation is 2. The van der Waals surface area contributed by atoms with E-state index in [2.05, 4.69) is 21.9 Å². The van der Waals surface area contributed by atoms with Crippen molar-refractivity contribution in [3.63, 3.8) is 0 Å². The molecule has 2 heterocycles. The summed E-state index contributed by atoms with van der Waals surface area (Å²) in [5.41, 5.74) is 7.53. The van der Waals surface area contributed by atoms with Gasteiger partial charge >= 0.3 is 0 Å². The van der Waals surface area contributed by atoms with Crippen LogP contribution in [0.25, 0.3) is 0 Å². The number of fused-ring (bicyclic) bond motifs is 1. The maximum absolute atomic E-state index is 12.2. The highest BCUT2D eigenvalue weighted by molar-refractivity contribution is 7.10. The average Bonchev–Trinajstić information content (AvgIpc) is 2.98. The number of carbonyl (C=O) groups is 1. The lowest BCUT2D eigenvalue weighted by Crippen LogP contribution is -2.30. The van der Waals surface area contributed by atoms with E-state index in [9.17, 15) is 4.79 Å². The Morgan fingerprint density at radius 3 is 3.21 bits per heavy atom. The van der Waals surface area contributed by atoms with E-state index in [-0.39, 0.29) is 11.9 Å². The molecule has 5 nitrogen and oxygen atoms in total. The predicted octanol–water partition coefficient (Wildman–Crippen LogP) is 1.87. The number of amides is 1. The van der Waals surface area contributed by atoms with Gasteiger partial charge in [0.1, 0.15) is 11.4 Å². The van der Waals surface area contributed by atoms with Crippen molar-refractivity contribution in [2.24, 2.45) is 7.05 Å². The minimum Gasteiger partial charge on any atom is -0.383 e. The molecule has 19 heavy (non-hydrogen) atoms. The highest BCUT2D eigenvalue weighted by Gasteiger charge is 2.24. The molecule has 0 spiro atoms. The zero-order valence-corrected chi connectivity index (χ0v) is 11.5. The summed E-state index contributed by atoms with van der Waals surface area (Å²) in [6.45, 7) is 0. The predicted molar refractivity (Wildman–Crippen MR) is 75.1 cm³/mol. The fourth-order valence-corrected chi connectivity index (χ4v) is 3.48. The number of aromatic nitrogens is 2. The standard InChI is InChI=1S/C13H16N4OS/c1-17-12(14)9(7-15-17)13(18)16-10-3-2-4-11-8(10)5-6-19-11/h5-7,10H,2-4,14H2,1H3,(H,16,18). The molecular weight excluding hydrogens is 260 g/mol. The van der Waals surface area contributed by atoms with Gasteiger partial charge in [-0.3, -0.25) is 9.48 Å². The number of hydrogen-bond acceptors (Lipinski definition) is 4. The molecule has 0 aromatic carbocycles. The van der Waals surface area contributed by atoms with Crippen LogP contribution in [0.15, 0.2) is 17.6 Å². The lowest BCUT2D eigenvalue weighted by molar-refractivity contribution is 0.0934. The van der Waals surface area contributed by atoms with Crippen LogP contribution in [0.1, 0.15) is 39.7 Å². The van der Waals surface area contributed by atoms with Gasteiger partial charge in [0.05, 0.1) is 12.2 Å². The lowest BCUT2D eigenvalue weighted by Gasteiger charge is -2.23. The van der Waals surface area contributed by atoms with Gasteiger partial charge in [0.25, 0.3) is 5.91 Å². The summed E-state index contributed by atoms with van der Waals surface area (Å²) in [5, 5.41) is 9.15. The molecule has 0 bridgehead atoms. The molecule has 0 saturated heterocycles. The zero-order valence-electron chi connectivity index (χ0n) is 10.7. The Kier molecular flexibility index (Phi) is 3.02. The van der Waals surface area contributed by atoms with Crippen LogP contribution in [-0.4, -0.2) is 15.7 Å². The van der Waals surface area contributed by atoms with Crippen molar-refractivity contribution in [1.82, 2.24) is 15.1 Å². The average molecular weight is 276 g/mol. The Hall–Kier alpha value is -1.82. The summed E-state index contributed by atoms with van der Waals surface area (Å²) in [6.07, 6.45) is 4.73. The van der Waals surface area contributed by atoms with E-state index in [0.29, 0.717) is 11.4 Å². The maximum atomic E-state index is 12.2. The summed E-state index contributed by atoms with van der Waals surface area (Å²) in [7, 11) is 1.73. The summed E-state index contributed by atoms with van der Waals surface area (Å²) in [4.78, 5) is 13.6. The monoisotopic (exact) mass is 276 g/mol. The van der Waals surface area contributed by atoms with Crippen molar-refractivity contribution < 1.29 is 4.79 Å². The molecule has 2 aromatic rings. The van der Waals surface area contributed by atoms with Crippen molar-refractivity contribution in [2.75, 3.05) is 5.73 Å². The second-order valence-corrected chi connectivity index (χ2v) is 5.79. The van der Waals surface area contributed by atoms with Crippen molar-refractivity contribution >= 4 is 23.1 Å². The second kappa shape index (κ2) is 4.70. The highest BCUT2D eigenvalue weighted by atomic mass is 32.1. The Labute approximate surface area is 115 Å². The van der Waals surface area contributed by atoms with E-state index in [1.807, 2.05) is 0 Å². The van der Waals surface area contributed by atoms with Crippen LogP contribution in [-0.2, 0) is 13.5 Å². The first kappa shape index (κ1) is 12.2. The number of nitrogens with one attached hydrogen (secondary N) is 1. The third-order valence-electron chi connectivity index (χ3n) is 3.59. The summed E-state index contributed by atoms with van der Waals surface area (Å²) >= 11 is 1.77. The first-order chi connectivity index (χ1) is 9.16. The molecule has 1 aliphatic rings. The number of rotatable bonds is 2. The van der Waals surface area contributed by atoms with Crippen LogP contribution in [0.4, 0.5) is 5.82 Å². The minimum atomic E-state index is -0.144. The van der Waals surface area contributed by atoms with Crippen LogP contribution in [0.5, 0.6) is 0 Å². The molecule has 1 amide bonds. The van der Waals surface area contributed by atoms with Crippen molar-refractivity contribution in [3.05, 3.63) is 33.6 Å². The van der Waals surface area contributed by atoms with Crippen LogP contribution in [0.2, 0.25) is 0 Å². The van der Waals surface area contributed by atoms with Gasteiger partial charge in [-0.1, -0.05) is 0 Å². The number of carbonyl (C=O) groups excluding carboxylic acids is 1. The molecule has 100 valence electrons. The molecule has 1 unspecified atom stereocenters. The quantitative estimate of drug-likeness (QED) is 0.879. The van der Waals surface area contributed by atoms with Gasteiger partial charge < -0.3 is 11.1 Å². The Bertz CT molecular complexity index is 616. The van der Waals surface area contributed by atoms with E-state index in [0.717, 1.165) is 19.3 Å². The van der Waals surface area contributed by atoms with Gasteiger partial charge in [-0.2, -0.15) is 5.10 Å². The van der Waals surface area contributed by atoms with E-state index in [1.54, 1.807) is 18.4 Å². The molecule has 0 fully saturated rings. The fourth-order valence-electron chi connectivity index (χ4n) is 2.49. The number of nitrogen functional groups attached to an aromatic ring is 1. The zero-order chi connectivity index (χ0) is 13.4. The molecular formula is C13H16N4OS. The van der Waals surface area contributed by atoms with E-state index in [1.165, 1.54) is 21.3 Å². The van der Waals surface area contributed by atoms with E-state index in [4.69, 9.17) is 5.73 Å². The SMILES string of the molecule is Cn1ncc(C(=O)NC2CCCc3sccc32)c1N. The van der Waals surface area contributed by atoms with Crippen molar-refractivity contribution in [3.8, 4) is 0 Å². The summed E-state index contributed by atoms with van der Waals surface area (Å²) in [6, 6.07) is 2.21. The van der Waals surface area contributed by atoms with Gasteiger partial charge in [0.2, 0.25) is 0 Å². The van der Waals surface area contributed by atoms with Gasteiger partial charge in [-0.15, -0.1) is 11.3 Å². The third kappa shape index (κ3) is 2.12. The molecule has 1 atom stereocenters. The molecule has 6 heteroatoms. The number of thiophene rings is 1. The Morgan fingerprint density at radius 1 is 1.63 bits per heavy atom. The van der Waals surface area contributed by atoms with Crippen molar-refractivity contribution in [1.29, 1.82) is 0 Å². The van der Waals surface area contributed by atoms with Gasteiger partial charge in [0.15, 0.2) is 0 Å². The van der Waals surface area contributed by atoms with Gasteiger partial charge in [0, 0.05) is 11.9 Å². The number of nitrogens with zero attached hydrogens (tertiary/aromatic N) is 2. The molecule has 2 aromatic heterocycles.